The Bertz CT molecular complexity index is 1190. The predicted octanol–water partition coefficient (Wildman–Crippen LogP) is 4.68. The topological polar surface area (TPSA) is 55.8 Å². The van der Waals surface area contributed by atoms with Crippen LogP contribution < -0.4 is 9.64 Å². The van der Waals surface area contributed by atoms with E-state index in [9.17, 15) is 9.59 Å². The van der Waals surface area contributed by atoms with Gasteiger partial charge in [0.2, 0.25) is 0 Å². The fraction of sp³-hybridized carbons (Fsp3) is 0.0769. The van der Waals surface area contributed by atoms with E-state index in [1.54, 1.807) is 36.4 Å². The third kappa shape index (κ3) is 4.34. The molecule has 0 fully saturated rings. The lowest BCUT2D eigenvalue weighted by Crippen LogP contribution is -2.46. The zero-order chi connectivity index (χ0) is 21.6. The van der Waals surface area contributed by atoms with Gasteiger partial charge in [0.05, 0.1) is 18.4 Å². The second-order valence-corrected chi connectivity index (χ2v) is 6.74. The van der Waals surface area contributed by atoms with E-state index in [2.05, 4.69) is 11.8 Å². The number of amides is 1. The molecule has 3 aromatic carbocycles. The van der Waals surface area contributed by atoms with Crippen LogP contribution in [-0.4, -0.2) is 25.2 Å². The highest BCUT2D eigenvalue weighted by molar-refractivity contribution is 6.05. The Hall–Kier alpha value is -4.30. The SMILES string of the molecule is COC(=O)C1=Cc2ccccc2N(C(=O)Oc2ccccc2)C1C#Cc1ccccc1. The molecule has 1 unspecified atom stereocenters. The standard InChI is InChI=1S/C26H19NO4/c1-30-25(28)22-18-20-12-8-9-15-23(20)27(26(29)31-21-13-6-3-7-14-21)24(22)17-16-19-10-4-2-5-11-19/h2-15,18,24H,1H3. The molecule has 0 bridgehead atoms. The molecule has 152 valence electrons. The van der Waals surface area contributed by atoms with Crippen LogP contribution in [-0.2, 0) is 9.53 Å². The highest BCUT2D eigenvalue weighted by Crippen LogP contribution is 2.34. The lowest BCUT2D eigenvalue weighted by Gasteiger charge is -2.33. The number of methoxy groups -OCH3 is 1. The number of hydrogen-bond acceptors (Lipinski definition) is 4. The van der Waals surface area contributed by atoms with Gasteiger partial charge in [-0.1, -0.05) is 66.4 Å². The molecule has 0 aromatic heterocycles. The van der Waals surface area contributed by atoms with Crippen molar-refractivity contribution in [2.45, 2.75) is 6.04 Å². The highest BCUT2D eigenvalue weighted by Gasteiger charge is 2.36. The van der Waals surface area contributed by atoms with E-state index < -0.39 is 18.1 Å². The Morgan fingerprint density at radius 2 is 1.52 bits per heavy atom. The first-order valence-electron chi connectivity index (χ1n) is 9.69. The second-order valence-electron chi connectivity index (χ2n) is 6.74. The van der Waals surface area contributed by atoms with Crippen molar-refractivity contribution in [1.29, 1.82) is 0 Å². The molecule has 0 saturated carbocycles. The Morgan fingerprint density at radius 3 is 2.23 bits per heavy atom. The molecule has 31 heavy (non-hydrogen) atoms. The molecule has 1 aliphatic heterocycles. The van der Waals surface area contributed by atoms with Gasteiger partial charge in [-0.15, -0.1) is 0 Å². The van der Waals surface area contributed by atoms with Crippen molar-refractivity contribution in [1.82, 2.24) is 0 Å². The summed E-state index contributed by atoms with van der Waals surface area (Å²) in [5.74, 6) is 5.96. The minimum atomic E-state index is -0.876. The minimum Gasteiger partial charge on any atom is -0.466 e. The summed E-state index contributed by atoms with van der Waals surface area (Å²) in [6, 6.07) is 24.5. The van der Waals surface area contributed by atoms with Gasteiger partial charge in [0.15, 0.2) is 0 Å². The van der Waals surface area contributed by atoms with E-state index in [0.29, 0.717) is 17.0 Å². The molecule has 1 heterocycles. The number of benzene rings is 3. The average molecular weight is 409 g/mol. The highest BCUT2D eigenvalue weighted by atomic mass is 16.6. The summed E-state index contributed by atoms with van der Waals surface area (Å²) in [5.41, 5.74) is 2.32. The van der Waals surface area contributed by atoms with Crippen LogP contribution in [0.3, 0.4) is 0 Å². The van der Waals surface area contributed by atoms with Crippen molar-refractivity contribution in [3.05, 3.63) is 102 Å². The summed E-state index contributed by atoms with van der Waals surface area (Å²) in [6.45, 7) is 0. The fourth-order valence-corrected chi connectivity index (χ4v) is 3.30. The molecule has 3 aromatic rings. The third-order valence-corrected chi connectivity index (χ3v) is 4.75. The fourth-order valence-electron chi connectivity index (χ4n) is 3.30. The van der Waals surface area contributed by atoms with Crippen LogP contribution >= 0.6 is 0 Å². The van der Waals surface area contributed by atoms with Crippen molar-refractivity contribution in [2.24, 2.45) is 0 Å². The molecule has 0 N–H and O–H groups in total. The molecular formula is C26H19NO4. The first kappa shape index (κ1) is 20.0. The maximum atomic E-state index is 13.3. The van der Waals surface area contributed by atoms with E-state index >= 15 is 0 Å². The van der Waals surface area contributed by atoms with Gasteiger partial charge in [-0.25, -0.2) is 9.59 Å². The Kier molecular flexibility index (Phi) is 5.82. The van der Waals surface area contributed by atoms with Gasteiger partial charge in [-0.3, -0.25) is 4.90 Å². The minimum absolute atomic E-state index is 0.259. The first-order chi connectivity index (χ1) is 15.2. The van der Waals surface area contributed by atoms with Crippen LogP contribution in [0, 0.1) is 11.8 Å². The smallest absolute Gasteiger partial charge is 0.421 e. The van der Waals surface area contributed by atoms with Gasteiger partial charge in [-0.05, 0) is 42.0 Å². The maximum absolute atomic E-state index is 13.3. The first-order valence-corrected chi connectivity index (χ1v) is 9.69. The molecule has 0 radical (unpaired) electrons. The van der Waals surface area contributed by atoms with Crippen LogP contribution in [0.2, 0.25) is 0 Å². The quantitative estimate of drug-likeness (QED) is 0.455. The van der Waals surface area contributed by atoms with Crippen molar-refractivity contribution in [3.8, 4) is 17.6 Å². The van der Waals surface area contributed by atoms with E-state index in [0.717, 1.165) is 5.56 Å². The predicted molar refractivity (Wildman–Crippen MR) is 118 cm³/mol. The molecule has 1 amide bonds. The normalized spacial score (nSPS) is 14.4. The number of hydrogen-bond donors (Lipinski definition) is 0. The lowest BCUT2D eigenvalue weighted by atomic mass is 9.95. The van der Waals surface area contributed by atoms with E-state index in [-0.39, 0.29) is 5.57 Å². The molecular weight excluding hydrogens is 390 g/mol. The summed E-state index contributed by atoms with van der Waals surface area (Å²) < 4.78 is 10.6. The number of nitrogens with zero attached hydrogens (tertiary/aromatic N) is 1. The second kappa shape index (κ2) is 9.02. The monoisotopic (exact) mass is 409 g/mol. The van der Waals surface area contributed by atoms with Gasteiger partial charge < -0.3 is 9.47 Å². The van der Waals surface area contributed by atoms with E-state index in [4.69, 9.17) is 9.47 Å². The number of anilines is 1. The molecule has 5 nitrogen and oxygen atoms in total. The molecule has 4 rings (SSSR count). The van der Waals surface area contributed by atoms with Crippen molar-refractivity contribution in [3.63, 3.8) is 0 Å². The van der Waals surface area contributed by atoms with Gasteiger partial charge in [0, 0.05) is 5.56 Å². The van der Waals surface area contributed by atoms with E-state index in [1.165, 1.54) is 12.0 Å². The number of carbonyl (C=O) groups is 2. The zero-order valence-electron chi connectivity index (χ0n) is 16.8. The number of fused-ring (bicyclic) bond motifs is 1. The van der Waals surface area contributed by atoms with Crippen molar-refractivity contribution < 1.29 is 19.1 Å². The molecule has 5 heteroatoms. The Balaban J connectivity index is 1.81. The summed E-state index contributed by atoms with van der Waals surface area (Å²) in [4.78, 5) is 27.2. The molecule has 1 aliphatic rings. The number of rotatable bonds is 2. The molecule has 1 atom stereocenters. The van der Waals surface area contributed by atoms with Crippen LogP contribution in [0.4, 0.5) is 10.5 Å². The van der Waals surface area contributed by atoms with Gasteiger partial charge in [0.25, 0.3) is 0 Å². The summed E-state index contributed by atoms with van der Waals surface area (Å²) in [7, 11) is 1.30. The van der Waals surface area contributed by atoms with Crippen LogP contribution in [0.15, 0.2) is 90.5 Å². The maximum Gasteiger partial charge on any atom is 0.421 e. The summed E-state index contributed by atoms with van der Waals surface area (Å²) in [5, 5.41) is 0. The van der Waals surface area contributed by atoms with Crippen LogP contribution in [0.5, 0.6) is 5.75 Å². The summed E-state index contributed by atoms with van der Waals surface area (Å²) >= 11 is 0. The average Bonchev–Trinajstić information content (AvgIpc) is 2.82. The number of carbonyl (C=O) groups excluding carboxylic acids is 2. The van der Waals surface area contributed by atoms with Gasteiger partial charge in [-0.2, -0.15) is 0 Å². The number of ether oxygens (including phenoxy) is 2. The Labute approximate surface area is 180 Å². The lowest BCUT2D eigenvalue weighted by molar-refractivity contribution is -0.136. The largest absolute Gasteiger partial charge is 0.466 e. The molecule has 0 saturated heterocycles. The number of para-hydroxylation sites is 2. The molecule has 0 aliphatic carbocycles. The Morgan fingerprint density at radius 1 is 0.871 bits per heavy atom. The zero-order valence-corrected chi connectivity index (χ0v) is 16.8. The molecule has 0 spiro atoms. The van der Waals surface area contributed by atoms with Crippen molar-refractivity contribution in [2.75, 3.05) is 12.0 Å². The number of esters is 1. The van der Waals surface area contributed by atoms with Crippen molar-refractivity contribution >= 4 is 23.8 Å². The van der Waals surface area contributed by atoms with Gasteiger partial charge in [0.1, 0.15) is 11.8 Å². The van der Waals surface area contributed by atoms with Crippen LogP contribution in [0.25, 0.3) is 6.08 Å². The third-order valence-electron chi connectivity index (χ3n) is 4.75. The summed E-state index contributed by atoms with van der Waals surface area (Å²) in [6.07, 6.45) is 1.07. The van der Waals surface area contributed by atoms with Gasteiger partial charge >= 0.3 is 12.1 Å². The van der Waals surface area contributed by atoms with E-state index in [1.807, 2.05) is 54.6 Å². The van der Waals surface area contributed by atoms with Crippen LogP contribution in [0.1, 0.15) is 11.1 Å².